The van der Waals surface area contributed by atoms with Gasteiger partial charge >= 0.3 is 5.97 Å². The highest BCUT2D eigenvalue weighted by Crippen LogP contribution is 2.20. The Labute approximate surface area is 107 Å². The molecular weight excluding hydrogens is 230 g/mol. The molecule has 0 spiro atoms. The molecule has 4 heteroatoms. The Balaban J connectivity index is 2.89. The number of amides is 1. The van der Waals surface area contributed by atoms with E-state index in [9.17, 15) is 9.59 Å². The van der Waals surface area contributed by atoms with Crippen LogP contribution in [0.4, 0.5) is 0 Å². The maximum Gasteiger partial charge on any atom is 0.326 e. The van der Waals surface area contributed by atoms with Gasteiger partial charge in [0.05, 0.1) is 0 Å². The minimum atomic E-state index is -1.02. The van der Waals surface area contributed by atoms with Crippen LogP contribution in [0.5, 0.6) is 0 Å². The summed E-state index contributed by atoms with van der Waals surface area (Å²) in [5.41, 5.74) is 0.904. The quantitative estimate of drug-likeness (QED) is 0.863. The van der Waals surface area contributed by atoms with Crippen LogP contribution in [-0.2, 0) is 4.79 Å². The average molecular weight is 249 g/mol. The van der Waals surface area contributed by atoms with E-state index in [1.54, 1.807) is 39.0 Å². The van der Waals surface area contributed by atoms with E-state index in [-0.39, 0.29) is 5.91 Å². The van der Waals surface area contributed by atoms with E-state index in [2.05, 4.69) is 5.32 Å². The number of nitrogens with one attached hydrogen (secondary N) is 1. The molecule has 0 unspecified atom stereocenters. The van der Waals surface area contributed by atoms with E-state index in [1.807, 2.05) is 13.0 Å². The van der Waals surface area contributed by atoms with Gasteiger partial charge in [-0.25, -0.2) is 4.79 Å². The number of carbonyl (C=O) groups excluding carboxylic acids is 1. The summed E-state index contributed by atoms with van der Waals surface area (Å²) in [5.74, 6) is -1.38. The molecule has 0 fully saturated rings. The predicted molar refractivity (Wildman–Crippen MR) is 69.5 cm³/mol. The maximum atomic E-state index is 12.0. The molecule has 1 amide bonds. The van der Waals surface area contributed by atoms with Crippen LogP contribution in [0.1, 0.15) is 36.7 Å². The molecule has 4 nitrogen and oxygen atoms in total. The minimum absolute atomic E-state index is 0.360. The number of carbonyl (C=O) groups is 2. The van der Waals surface area contributed by atoms with Gasteiger partial charge in [-0.3, -0.25) is 4.79 Å². The van der Waals surface area contributed by atoms with Crippen molar-refractivity contribution >= 4 is 11.9 Å². The van der Waals surface area contributed by atoms with E-state index in [4.69, 9.17) is 5.11 Å². The van der Waals surface area contributed by atoms with E-state index in [1.165, 1.54) is 0 Å². The molecule has 1 rings (SSSR count). The fourth-order valence-electron chi connectivity index (χ4n) is 1.65. The van der Waals surface area contributed by atoms with Crippen molar-refractivity contribution in [3.05, 3.63) is 35.4 Å². The topological polar surface area (TPSA) is 66.4 Å². The van der Waals surface area contributed by atoms with E-state index in [0.717, 1.165) is 5.56 Å². The summed E-state index contributed by atoms with van der Waals surface area (Å²) in [6.45, 7) is 7.22. The van der Waals surface area contributed by atoms with Gasteiger partial charge in [-0.15, -0.1) is 0 Å². The summed E-state index contributed by atoms with van der Waals surface area (Å²) in [5, 5.41) is 11.7. The first-order chi connectivity index (χ1) is 8.21. The molecule has 0 radical (unpaired) electrons. The van der Waals surface area contributed by atoms with Crippen molar-refractivity contribution in [3.63, 3.8) is 0 Å². The monoisotopic (exact) mass is 249 g/mol. The summed E-state index contributed by atoms with van der Waals surface area (Å²) >= 11 is 0. The van der Waals surface area contributed by atoms with Crippen LogP contribution in [0.3, 0.4) is 0 Å². The zero-order chi connectivity index (χ0) is 13.9. The van der Waals surface area contributed by atoms with Crippen molar-refractivity contribution in [2.45, 2.75) is 33.7 Å². The second kappa shape index (κ2) is 5.21. The van der Waals surface area contributed by atoms with Crippen molar-refractivity contribution in [1.29, 1.82) is 0 Å². The second-order valence-corrected chi connectivity index (χ2v) is 5.48. The molecule has 0 saturated heterocycles. The number of hydrogen-bond donors (Lipinski definition) is 2. The molecule has 0 aromatic heterocycles. The van der Waals surface area contributed by atoms with Gasteiger partial charge in [0, 0.05) is 5.56 Å². The molecule has 2 N–H and O–H groups in total. The molecule has 0 saturated carbocycles. The van der Waals surface area contributed by atoms with Gasteiger partial charge in [0.15, 0.2) is 0 Å². The lowest BCUT2D eigenvalue weighted by Gasteiger charge is -2.27. The molecule has 98 valence electrons. The van der Waals surface area contributed by atoms with Crippen LogP contribution in [0.25, 0.3) is 0 Å². The Hall–Kier alpha value is -1.84. The first kappa shape index (κ1) is 14.2. The van der Waals surface area contributed by atoms with Gasteiger partial charge in [0.1, 0.15) is 6.04 Å². The smallest absolute Gasteiger partial charge is 0.326 e. The second-order valence-electron chi connectivity index (χ2n) is 5.48. The van der Waals surface area contributed by atoms with Crippen LogP contribution in [-0.4, -0.2) is 23.0 Å². The summed E-state index contributed by atoms with van der Waals surface area (Å²) in [7, 11) is 0. The Bertz CT molecular complexity index is 460. The van der Waals surface area contributed by atoms with Crippen LogP contribution < -0.4 is 5.32 Å². The molecule has 1 atom stereocenters. The number of hydrogen-bond acceptors (Lipinski definition) is 2. The highest BCUT2D eigenvalue weighted by atomic mass is 16.4. The number of aliphatic carboxylic acids is 1. The Morgan fingerprint density at radius 3 is 2.33 bits per heavy atom. The summed E-state index contributed by atoms with van der Waals surface area (Å²) in [4.78, 5) is 23.1. The van der Waals surface area contributed by atoms with Gasteiger partial charge in [-0.05, 0) is 24.5 Å². The summed E-state index contributed by atoms with van der Waals surface area (Å²) in [6.07, 6.45) is 0. The first-order valence-corrected chi connectivity index (χ1v) is 5.82. The number of rotatable bonds is 3. The molecule has 0 aliphatic rings. The SMILES string of the molecule is Cc1cccc(C(=O)N[C@H](C(=O)O)C(C)(C)C)c1. The third-order valence-electron chi connectivity index (χ3n) is 2.67. The Morgan fingerprint density at radius 2 is 1.89 bits per heavy atom. The highest BCUT2D eigenvalue weighted by molar-refractivity contribution is 5.96. The fourth-order valence-corrected chi connectivity index (χ4v) is 1.65. The number of carboxylic acid groups (broad SMARTS) is 1. The van der Waals surface area contributed by atoms with Crippen LogP contribution in [0.15, 0.2) is 24.3 Å². The van der Waals surface area contributed by atoms with Crippen LogP contribution in [0.2, 0.25) is 0 Å². The number of aryl methyl sites for hydroxylation is 1. The molecule has 1 aromatic rings. The predicted octanol–water partition coefficient (Wildman–Crippen LogP) is 2.22. The van der Waals surface area contributed by atoms with Crippen LogP contribution >= 0.6 is 0 Å². The Morgan fingerprint density at radius 1 is 1.28 bits per heavy atom. The number of carboxylic acids is 1. The van der Waals surface area contributed by atoms with Crippen molar-refractivity contribution < 1.29 is 14.7 Å². The van der Waals surface area contributed by atoms with Gasteiger partial charge < -0.3 is 10.4 Å². The molecule has 1 aromatic carbocycles. The lowest BCUT2D eigenvalue weighted by Crippen LogP contribution is -2.49. The summed E-state index contributed by atoms with van der Waals surface area (Å²) in [6, 6.07) is 6.15. The Kier molecular flexibility index (Phi) is 4.11. The van der Waals surface area contributed by atoms with Gasteiger partial charge in [-0.2, -0.15) is 0 Å². The normalized spacial score (nSPS) is 12.9. The van der Waals surface area contributed by atoms with Gasteiger partial charge in [0.2, 0.25) is 0 Å². The molecule has 18 heavy (non-hydrogen) atoms. The van der Waals surface area contributed by atoms with Crippen molar-refractivity contribution in [2.24, 2.45) is 5.41 Å². The standard InChI is InChI=1S/C14H19NO3/c1-9-6-5-7-10(8-9)12(16)15-11(13(17)18)14(2,3)4/h5-8,11H,1-4H3,(H,15,16)(H,17,18)/t11-/m1/s1. The molecule has 0 aliphatic carbocycles. The lowest BCUT2D eigenvalue weighted by molar-refractivity contribution is -0.142. The van der Waals surface area contributed by atoms with E-state index in [0.29, 0.717) is 5.56 Å². The lowest BCUT2D eigenvalue weighted by atomic mass is 9.86. The van der Waals surface area contributed by atoms with Crippen molar-refractivity contribution in [2.75, 3.05) is 0 Å². The zero-order valence-corrected chi connectivity index (χ0v) is 11.2. The highest BCUT2D eigenvalue weighted by Gasteiger charge is 2.32. The van der Waals surface area contributed by atoms with Gasteiger partial charge in [0.25, 0.3) is 5.91 Å². The van der Waals surface area contributed by atoms with E-state index >= 15 is 0 Å². The third-order valence-corrected chi connectivity index (χ3v) is 2.67. The molecule has 0 bridgehead atoms. The van der Waals surface area contributed by atoms with Crippen LogP contribution in [0, 0.1) is 12.3 Å². The minimum Gasteiger partial charge on any atom is -0.480 e. The largest absolute Gasteiger partial charge is 0.480 e. The van der Waals surface area contributed by atoms with Crippen molar-refractivity contribution in [3.8, 4) is 0 Å². The number of benzene rings is 1. The molecule has 0 heterocycles. The third kappa shape index (κ3) is 3.58. The average Bonchev–Trinajstić information content (AvgIpc) is 2.23. The first-order valence-electron chi connectivity index (χ1n) is 5.82. The van der Waals surface area contributed by atoms with Gasteiger partial charge in [-0.1, -0.05) is 38.5 Å². The van der Waals surface area contributed by atoms with Crippen molar-refractivity contribution in [1.82, 2.24) is 5.32 Å². The summed E-state index contributed by atoms with van der Waals surface area (Å²) < 4.78 is 0. The zero-order valence-electron chi connectivity index (χ0n) is 11.2. The molecule has 0 aliphatic heterocycles. The van der Waals surface area contributed by atoms with E-state index < -0.39 is 17.4 Å². The maximum absolute atomic E-state index is 12.0. The fraction of sp³-hybridized carbons (Fsp3) is 0.429. The molecular formula is C14H19NO3.